The van der Waals surface area contributed by atoms with E-state index >= 15 is 0 Å². The Morgan fingerprint density at radius 1 is 1.17 bits per heavy atom. The molecule has 0 amide bonds. The molecule has 12 heavy (non-hydrogen) atoms. The Balaban J connectivity index is 4.30. The third-order valence-corrected chi connectivity index (χ3v) is 2.43. The third kappa shape index (κ3) is 3.94. The summed E-state index contributed by atoms with van der Waals surface area (Å²) in [4.78, 5) is 0. The van der Waals surface area contributed by atoms with Gasteiger partial charge in [0.05, 0.1) is 0 Å². The Morgan fingerprint density at radius 2 is 1.67 bits per heavy atom. The average molecular weight is 168 g/mol. The predicted molar refractivity (Wildman–Crippen MR) is 57.2 cm³/mol. The van der Waals surface area contributed by atoms with E-state index in [0.29, 0.717) is 5.92 Å². The van der Waals surface area contributed by atoms with E-state index in [1.807, 2.05) is 0 Å². The van der Waals surface area contributed by atoms with Gasteiger partial charge in [0.15, 0.2) is 0 Å². The Kier molecular flexibility index (Phi) is 5.28. The quantitative estimate of drug-likeness (QED) is 0.550. The fourth-order valence-corrected chi connectivity index (χ4v) is 1.97. The van der Waals surface area contributed by atoms with Crippen LogP contribution in [0.1, 0.15) is 48.0 Å². The van der Waals surface area contributed by atoms with Crippen LogP contribution in [0.4, 0.5) is 0 Å². The van der Waals surface area contributed by atoms with Crippen molar-refractivity contribution >= 4 is 0 Å². The summed E-state index contributed by atoms with van der Waals surface area (Å²) >= 11 is 0. The lowest BCUT2D eigenvalue weighted by molar-refractivity contribution is 0.427. The second-order valence-corrected chi connectivity index (χ2v) is 4.41. The van der Waals surface area contributed by atoms with Crippen LogP contribution >= 0.6 is 0 Å². The van der Waals surface area contributed by atoms with E-state index in [2.05, 4.69) is 47.6 Å². The van der Waals surface area contributed by atoms with E-state index in [9.17, 15) is 0 Å². The highest BCUT2D eigenvalue weighted by molar-refractivity contribution is 5.05. The second kappa shape index (κ2) is 5.40. The highest BCUT2D eigenvalue weighted by atomic mass is 14.2. The van der Waals surface area contributed by atoms with Gasteiger partial charge in [-0.3, -0.25) is 0 Å². The molecule has 0 N–H and O–H groups in total. The second-order valence-electron chi connectivity index (χ2n) is 4.41. The number of allylic oxidation sites excluding steroid dienone is 2. The Hall–Kier alpha value is -0.260. The van der Waals surface area contributed by atoms with Crippen molar-refractivity contribution in [2.24, 2.45) is 17.8 Å². The molecule has 0 aromatic rings. The van der Waals surface area contributed by atoms with Crippen LogP contribution in [-0.2, 0) is 0 Å². The van der Waals surface area contributed by atoms with Gasteiger partial charge in [-0.25, -0.2) is 0 Å². The monoisotopic (exact) mass is 168 g/mol. The molecule has 0 heterocycles. The van der Waals surface area contributed by atoms with Crippen molar-refractivity contribution < 1.29 is 0 Å². The highest BCUT2D eigenvalue weighted by Gasteiger charge is 2.12. The first-order valence-corrected chi connectivity index (χ1v) is 5.17. The summed E-state index contributed by atoms with van der Waals surface area (Å²) in [6.45, 7) is 13.7. The molecule has 0 aliphatic carbocycles. The molecule has 1 unspecified atom stereocenters. The van der Waals surface area contributed by atoms with Gasteiger partial charge in [0, 0.05) is 0 Å². The van der Waals surface area contributed by atoms with Crippen LogP contribution < -0.4 is 0 Å². The molecule has 0 aliphatic rings. The van der Waals surface area contributed by atoms with Gasteiger partial charge < -0.3 is 0 Å². The SMILES string of the molecule is CCC(C(C)=CC(C)C)C(C)C. The Labute approximate surface area is 78.1 Å². The van der Waals surface area contributed by atoms with E-state index in [1.165, 1.54) is 6.42 Å². The molecule has 0 heteroatoms. The van der Waals surface area contributed by atoms with Gasteiger partial charge in [0.1, 0.15) is 0 Å². The van der Waals surface area contributed by atoms with Gasteiger partial charge in [0.2, 0.25) is 0 Å². The molecule has 0 rings (SSSR count). The maximum atomic E-state index is 2.40. The lowest BCUT2D eigenvalue weighted by Gasteiger charge is -2.20. The first kappa shape index (κ1) is 11.7. The van der Waals surface area contributed by atoms with Crippen molar-refractivity contribution in [2.75, 3.05) is 0 Å². The van der Waals surface area contributed by atoms with Crippen LogP contribution in [0, 0.1) is 17.8 Å². The first-order chi connectivity index (χ1) is 5.49. The smallest absolute Gasteiger partial charge is 0.0185 e. The molecular formula is C12H24. The molecule has 1 atom stereocenters. The molecule has 72 valence electrons. The standard InChI is InChI=1S/C12H24/c1-7-12(10(4)5)11(6)8-9(2)3/h8-10,12H,7H2,1-6H3. The summed E-state index contributed by atoms with van der Waals surface area (Å²) in [5.41, 5.74) is 1.57. The average Bonchev–Trinajstić information content (AvgIpc) is 1.85. The molecule has 0 aromatic heterocycles. The van der Waals surface area contributed by atoms with Gasteiger partial charge in [-0.15, -0.1) is 0 Å². The summed E-state index contributed by atoms with van der Waals surface area (Å²) in [5.74, 6) is 2.26. The van der Waals surface area contributed by atoms with Gasteiger partial charge in [-0.05, 0) is 31.1 Å². The molecule has 0 aromatic carbocycles. The molecule has 0 saturated carbocycles. The van der Waals surface area contributed by atoms with Crippen LogP contribution in [0.3, 0.4) is 0 Å². The molecule has 0 bridgehead atoms. The van der Waals surface area contributed by atoms with Crippen molar-refractivity contribution in [3.8, 4) is 0 Å². The normalized spacial score (nSPS) is 15.8. The zero-order valence-electron chi connectivity index (χ0n) is 9.52. The molecule has 0 saturated heterocycles. The topological polar surface area (TPSA) is 0 Å². The highest BCUT2D eigenvalue weighted by Crippen LogP contribution is 2.24. The van der Waals surface area contributed by atoms with E-state index < -0.39 is 0 Å². The fourth-order valence-electron chi connectivity index (χ4n) is 1.97. The lowest BCUT2D eigenvalue weighted by atomic mass is 9.85. The molecule has 0 spiro atoms. The third-order valence-electron chi connectivity index (χ3n) is 2.43. The lowest BCUT2D eigenvalue weighted by Crippen LogP contribution is -2.09. The van der Waals surface area contributed by atoms with Gasteiger partial charge in [-0.2, -0.15) is 0 Å². The fraction of sp³-hybridized carbons (Fsp3) is 0.833. The van der Waals surface area contributed by atoms with E-state index in [-0.39, 0.29) is 0 Å². The van der Waals surface area contributed by atoms with Gasteiger partial charge >= 0.3 is 0 Å². The summed E-state index contributed by atoms with van der Waals surface area (Å²) in [5, 5.41) is 0. The van der Waals surface area contributed by atoms with E-state index in [4.69, 9.17) is 0 Å². The first-order valence-electron chi connectivity index (χ1n) is 5.17. The Bertz CT molecular complexity index is 140. The molecular weight excluding hydrogens is 144 g/mol. The zero-order chi connectivity index (χ0) is 9.72. The predicted octanol–water partition coefficient (Wildman–Crippen LogP) is 4.27. The minimum Gasteiger partial charge on any atom is -0.0828 e. The van der Waals surface area contributed by atoms with Crippen LogP contribution in [-0.4, -0.2) is 0 Å². The molecule has 0 fully saturated rings. The molecule has 0 radical (unpaired) electrons. The van der Waals surface area contributed by atoms with Gasteiger partial charge in [-0.1, -0.05) is 46.3 Å². The van der Waals surface area contributed by atoms with Crippen molar-refractivity contribution in [3.05, 3.63) is 11.6 Å². The van der Waals surface area contributed by atoms with Crippen molar-refractivity contribution in [1.29, 1.82) is 0 Å². The summed E-state index contributed by atoms with van der Waals surface area (Å²) in [6.07, 6.45) is 3.67. The summed E-state index contributed by atoms with van der Waals surface area (Å²) < 4.78 is 0. The van der Waals surface area contributed by atoms with Crippen molar-refractivity contribution in [1.82, 2.24) is 0 Å². The number of hydrogen-bond acceptors (Lipinski definition) is 0. The number of rotatable bonds is 4. The van der Waals surface area contributed by atoms with Crippen molar-refractivity contribution in [2.45, 2.75) is 48.0 Å². The molecule has 0 aliphatic heterocycles. The van der Waals surface area contributed by atoms with Crippen LogP contribution in [0.25, 0.3) is 0 Å². The maximum Gasteiger partial charge on any atom is -0.0185 e. The largest absolute Gasteiger partial charge is 0.0828 e. The van der Waals surface area contributed by atoms with Crippen molar-refractivity contribution in [3.63, 3.8) is 0 Å². The van der Waals surface area contributed by atoms with Crippen LogP contribution in [0.5, 0.6) is 0 Å². The maximum absolute atomic E-state index is 2.40. The summed E-state index contributed by atoms with van der Waals surface area (Å²) in [7, 11) is 0. The van der Waals surface area contributed by atoms with E-state index in [1.54, 1.807) is 5.57 Å². The summed E-state index contributed by atoms with van der Waals surface area (Å²) in [6, 6.07) is 0. The molecule has 0 nitrogen and oxygen atoms in total. The Morgan fingerprint density at radius 3 is 1.92 bits per heavy atom. The van der Waals surface area contributed by atoms with E-state index in [0.717, 1.165) is 11.8 Å². The zero-order valence-corrected chi connectivity index (χ0v) is 9.52. The van der Waals surface area contributed by atoms with Crippen LogP contribution in [0.2, 0.25) is 0 Å². The van der Waals surface area contributed by atoms with Crippen LogP contribution in [0.15, 0.2) is 11.6 Å². The minimum absolute atomic E-state index is 0.692. The minimum atomic E-state index is 0.692. The van der Waals surface area contributed by atoms with Gasteiger partial charge in [0.25, 0.3) is 0 Å². The number of hydrogen-bond donors (Lipinski definition) is 0.